The molecule has 0 aliphatic heterocycles. The minimum atomic E-state index is -0.0356. The highest BCUT2D eigenvalue weighted by Crippen LogP contribution is 2.18. The van der Waals surface area contributed by atoms with Gasteiger partial charge in [-0.15, -0.1) is 0 Å². The van der Waals surface area contributed by atoms with Gasteiger partial charge < -0.3 is 10.2 Å². The summed E-state index contributed by atoms with van der Waals surface area (Å²) in [4.78, 5) is 29.6. The van der Waals surface area contributed by atoms with E-state index in [1.807, 2.05) is 12.1 Å². The Kier molecular flexibility index (Phi) is 6.07. The Labute approximate surface area is 142 Å². The van der Waals surface area contributed by atoms with E-state index in [1.54, 1.807) is 42.5 Å². The van der Waals surface area contributed by atoms with E-state index in [-0.39, 0.29) is 11.7 Å². The number of Topliss-reactive ketones (excluding diaryl/α,β-unsaturated/α-hetero) is 1. The van der Waals surface area contributed by atoms with Gasteiger partial charge in [-0.05, 0) is 43.7 Å². The largest absolute Gasteiger partial charge is 0.354 e. The number of aromatic nitrogens is 1. The molecule has 5 heteroatoms. The van der Waals surface area contributed by atoms with E-state index in [1.165, 1.54) is 6.92 Å². The number of benzene rings is 1. The summed E-state index contributed by atoms with van der Waals surface area (Å²) in [6, 6.07) is 8.99. The molecule has 0 saturated carbocycles. The molecule has 1 aromatic heterocycles. The number of carbonyl (C=O) groups excluding carboxylic acids is 2. The Morgan fingerprint density at radius 1 is 1.08 bits per heavy atom. The molecule has 0 unspecified atom stereocenters. The minimum absolute atomic E-state index is 0.0333. The summed E-state index contributed by atoms with van der Waals surface area (Å²) in [5.41, 5.74) is 2.80. The fourth-order valence-corrected chi connectivity index (χ4v) is 2.30. The van der Waals surface area contributed by atoms with E-state index in [4.69, 9.17) is 0 Å². The standard InChI is InChI=1S/C19H23N3O2/c1-4-5-10-22(3)19(24)16-11-18(13-20-12-16)21-17-8-6-15(7-9-17)14(2)23/h6-9,11-13,21H,4-5,10H2,1-3H3. The highest BCUT2D eigenvalue weighted by atomic mass is 16.2. The van der Waals surface area contributed by atoms with Crippen LogP contribution in [0.4, 0.5) is 11.4 Å². The molecule has 0 radical (unpaired) electrons. The molecular weight excluding hydrogens is 302 g/mol. The van der Waals surface area contributed by atoms with Crippen LogP contribution in [0.15, 0.2) is 42.7 Å². The van der Waals surface area contributed by atoms with Crippen molar-refractivity contribution in [2.45, 2.75) is 26.7 Å². The first-order chi connectivity index (χ1) is 11.5. The first-order valence-corrected chi connectivity index (χ1v) is 8.09. The number of hydrogen-bond donors (Lipinski definition) is 1. The summed E-state index contributed by atoms with van der Waals surface area (Å²) in [5, 5.41) is 3.20. The van der Waals surface area contributed by atoms with Crippen LogP contribution in [0.3, 0.4) is 0 Å². The van der Waals surface area contributed by atoms with Crippen LogP contribution in [-0.2, 0) is 0 Å². The van der Waals surface area contributed by atoms with Crippen molar-refractivity contribution in [2.24, 2.45) is 0 Å². The summed E-state index contributed by atoms with van der Waals surface area (Å²) in [6.45, 7) is 4.37. The maximum atomic E-state index is 12.4. The second kappa shape index (κ2) is 8.24. The summed E-state index contributed by atoms with van der Waals surface area (Å²) in [6.07, 6.45) is 5.28. The van der Waals surface area contributed by atoms with Crippen molar-refractivity contribution in [3.63, 3.8) is 0 Å². The van der Waals surface area contributed by atoms with E-state index in [0.717, 1.165) is 30.8 Å². The molecule has 1 aromatic carbocycles. The van der Waals surface area contributed by atoms with Gasteiger partial charge in [-0.2, -0.15) is 0 Å². The van der Waals surface area contributed by atoms with Crippen molar-refractivity contribution in [3.8, 4) is 0 Å². The predicted molar refractivity (Wildman–Crippen MR) is 95.8 cm³/mol. The van der Waals surface area contributed by atoms with E-state index in [2.05, 4.69) is 17.2 Å². The summed E-state index contributed by atoms with van der Waals surface area (Å²) < 4.78 is 0. The van der Waals surface area contributed by atoms with Crippen LogP contribution < -0.4 is 5.32 Å². The number of pyridine rings is 1. The van der Waals surface area contributed by atoms with Gasteiger partial charge in [0.05, 0.1) is 17.4 Å². The van der Waals surface area contributed by atoms with E-state index in [0.29, 0.717) is 11.1 Å². The number of amides is 1. The van der Waals surface area contributed by atoms with Crippen LogP contribution in [0.1, 0.15) is 47.4 Å². The highest BCUT2D eigenvalue weighted by molar-refractivity contribution is 5.95. The lowest BCUT2D eigenvalue weighted by atomic mass is 10.1. The summed E-state index contributed by atoms with van der Waals surface area (Å²) in [7, 11) is 1.80. The SMILES string of the molecule is CCCCN(C)C(=O)c1cncc(Nc2ccc(C(C)=O)cc2)c1. The average molecular weight is 325 g/mol. The van der Waals surface area contributed by atoms with Crippen LogP contribution in [-0.4, -0.2) is 35.2 Å². The van der Waals surface area contributed by atoms with E-state index < -0.39 is 0 Å². The second-order valence-electron chi connectivity index (χ2n) is 5.80. The Bertz CT molecular complexity index is 711. The zero-order valence-corrected chi connectivity index (χ0v) is 14.4. The smallest absolute Gasteiger partial charge is 0.255 e. The third-order valence-electron chi connectivity index (χ3n) is 3.76. The molecule has 2 rings (SSSR count). The number of nitrogens with zero attached hydrogens (tertiary/aromatic N) is 2. The Morgan fingerprint density at radius 2 is 1.79 bits per heavy atom. The van der Waals surface area contributed by atoms with Crippen molar-refractivity contribution in [1.29, 1.82) is 0 Å². The van der Waals surface area contributed by atoms with Gasteiger partial charge in [0.1, 0.15) is 0 Å². The fourth-order valence-electron chi connectivity index (χ4n) is 2.30. The van der Waals surface area contributed by atoms with Crippen LogP contribution in [0, 0.1) is 0 Å². The van der Waals surface area contributed by atoms with Gasteiger partial charge in [-0.25, -0.2) is 0 Å². The van der Waals surface area contributed by atoms with Crippen LogP contribution in [0.2, 0.25) is 0 Å². The number of nitrogens with one attached hydrogen (secondary N) is 1. The van der Waals surface area contributed by atoms with Crippen LogP contribution in [0.5, 0.6) is 0 Å². The maximum Gasteiger partial charge on any atom is 0.255 e. The van der Waals surface area contributed by atoms with Gasteiger partial charge >= 0.3 is 0 Å². The molecule has 24 heavy (non-hydrogen) atoms. The van der Waals surface area contributed by atoms with Crippen molar-refractivity contribution in [2.75, 3.05) is 18.9 Å². The minimum Gasteiger partial charge on any atom is -0.354 e. The van der Waals surface area contributed by atoms with Crippen molar-refractivity contribution in [3.05, 3.63) is 53.9 Å². The first kappa shape index (κ1) is 17.7. The normalized spacial score (nSPS) is 10.3. The molecule has 1 amide bonds. The zero-order valence-electron chi connectivity index (χ0n) is 14.4. The van der Waals surface area contributed by atoms with Crippen LogP contribution in [0.25, 0.3) is 0 Å². The number of hydrogen-bond acceptors (Lipinski definition) is 4. The Hall–Kier alpha value is -2.69. The number of unbranched alkanes of at least 4 members (excludes halogenated alkanes) is 1. The second-order valence-corrected chi connectivity index (χ2v) is 5.80. The van der Waals surface area contributed by atoms with Crippen molar-refractivity contribution < 1.29 is 9.59 Å². The summed E-state index contributed by atoms with van der Waals surface area (Å²) in [5.74, 6) is -0.00236. The number of anilines is 2. The molecule has 0 aliphatic carbocycles. The highest BCUT2D eigenvalue weighted by Gasteiger charge is 2.12. The van der Waals surface area contributed by atoms with Gasteiger partial charge in [0.2, 0.25) is 0 Å². The number of rotatable bonds is 7. The number of carbonyl (C=O) groups is 2. The van der Waals surface area contributed by atoms with Crippen LogP contribution >= 0.6 is 0 Å². The number of ketones is 1. The van der Waals surface area contributed by atoms with E-state index >= 15 is 0 Å². The fraction of sp³-hybridized carbons (Fsp3) is 0.316. The van der Waals surface area contributed by atoms with Crippen molar-refractivity contribution in [1.82, 2.24) is 9.88 Å². The molecule has 0 atom stereocenters. The van der Waals surface area contributed by atoms with Gasteiger partial charge in [0, 0.05) is 31.0 Å². The monoisotopic (exact) mass is 325 g/mol. The lowest BCUT2D eigenvalue weighted by molar-refractivity contribution is 0.0792. The lowest BCUT2D eigenvalue weighted by Gasteiger charge is -2.17. The third-order valence-corrected chi connectivity index (χ3v) is 3.76. The molecule has 1 N–H and O–H groups in total. The first-order valence-electron chi connectivity index (χ1n) is 8.09. The molecule has 0 aliphatic rings. The molecular formula is C19H23N3O2. The van der Waals surface area contributed by atoms with E-state index in [9.17, 15) is 9.59 Å². The molecule has 0 fully saturated rings. The molecule has 0 saturated heterocycles. The molecule has 1 heterocycles. The predicted octanol–water partition coefficient (Wildman–Crippen LogP) is 3.90. The van der Waals surface area contributed by atoms with Gasteiger partial charge in [-0.3, -0.25) is 14.6 Å². The maximum absolute atomic E-state index is 12.4. The molecule has 2 aromatic rings. The quantitative estimate of drug-likeness (QED) is 0.784. The van der Waals surface area contributed by atoms with Crippen molar-refractivity contribution >= 4 is 23.1 Å². The molecule has 5 nitrogen and oxygen atoms in total. The molecule has 0 spiro atoms. The lowest BCUT2D eigenvalue weighted by Crippen LogP contribution is -2.27. The average Bonchev–Trinajstić information content (AvgIpc) is 2.59. The third kappa shape index (κ3) is 4.65. The van der Waals surface area contributed by atoms with Gasteiger partial charge in [-0.1, -0.05) is 13.3 Å². The van der Waals surface area contributed by atoms with Gasteiger partial charge in [0.15, 0.2) is 5.78 Å². The molecule has 126 valence electrons. The summed E-state index contributed by atoms with van der Waals surface area (Å²) >= 11 is 0. The molecule has 0 bridgehead atoms. The topological polar surface area (TPSA) is 62.3 Å². The zero-order chi connectivity index (χ0) is 17.5. The Morgan fingerprint density at radius 3 is 2.42 bits per heavy atom. The Balaban J connectivity index is 2.09. The van der Waals surface area contributed by atoms with Gasteiger partial charge in [0.25, 0.3) is 5.91 Å².